The van der Waals surface area contributed by atoms with Gasteiger partial charge in [-0.3, -0.25) is 4.90 Å². The van der Waals surface area contributed by atoms with Crippen molar-refractivity contribution < 1.29 is 9.47 Å². The fraction of sp³-hybridized carbons (Fsp3) is 0.714. The van der Waals surface area contributed by atoms with Crippen molar-refractivity contribution >= 4 is 5.82 Å². The van der Waals surface area contributed by atoms with E-state index < -0.39 is 0 Å². The molecule has 0 radical (unpaired) electrons. The van der Waals surface area contributed by atoms with E-state index in [0.29, 0.717) is 5.92 Å². The third kappa shape index (κ3) is 4.70. The third-order valence-electron chi connectivity index (χ3n) is 3.51. The van der Waals surface area contributed by atoms with E-state index in [4.69, 9.17) is 9.47 Å². The smallest absolute Gasteiger partial charge is 0.148 e. The Hall–Kier alpha value is -1.24. The Labute approximate surface area is 120 Å². The van der Waals surface area contributed by atoms with Crippen LogP contribution < -0.4 is 5.32 Å². The Morgan fingerprint density at radius 1 is 1.45 bits per heavy atom. The van der Waals surface area contributed by atoms with Crippen LogP contribution in [0.3, 0.4) is 0 Å². The number of methoxy groups -OCH3 is 1. The van der Waals surface area contributed by atoms with Gasteiger partial charge in [-0.25, -0.2) is 0 Å². The first kappa shape index (κ1) is 15.2. The molecular weight excluding hydrogens is 256 g/mol. The van der Waals surface area contributed by atoms with Crippen LogP contribution in [0.2, 0.25) is 0 Å². The van der Waals surface area contributed by atoms with Crippen molar-refractivity contribution in [2.45, 2.75) is 6.42 Å². The summed E-state index contributed by atoms with van der Waals surface area (Å²) in [5.74, 6) is 1.26. The largest absolute Gasteiger partial charge is 0.383 e. The minimum absolute atomic E-state index is 0.462. The molecule has 1 aliphatic rings. The zero-order valence-corrected chi connectivity index (χ0v) is 12.3. The number of nitrogens with one attached hydrogen (secondary N) is 1. The molecule has 1 N–H and O–H groups in total. The molecule has 1 saturated heterocycles. The topological polar surface area (TPSA) is 59.5 Å². The molecule has 0 aromatic carbocycles. The van der Waals surface area contributed by atoms with Crippen LogP contribution in [-0.4, -0.2) is 68.7 Å². The van der Waals surface area contributed by atoms with Gasteiger partial charge in [0.1, 0.15) is 5.82 Å². The summed E-state index contributed by atoms with van der Waals surface area (Å²) < 4.78 is 10.8. The van der Waals surface area contributed by atoms with Gasteiger partial charge in [-0.05, 0) is 18.6 Å². The summed E-state index contributed by atoms with van der Waals surface area (Å²) in [6.45, 7) is 5.32. The standard InChI is InChI=1S/C14H24N4O2/c1-15-14-4-3-13(16-17-14)9-12-10-18(5-7-19-2)6-8-20-11-12/h3-4,12H,5-11H2,1-2H3,(H,15,17)/t12-/m1/s1. The highest BCUT2D eigenvalue weighted by Gasteiger charge is 2.19. The van der Waals surface area contributed by atoms with Crippen molar-refractivity contribution in [3.63, 3.8) is 0 Å². The van der Waals surface area contributed by atoms with Crippen molar-refractivity contribution in [2.75, 3.05) is 58.9 Å². The molecule has 0 unspecified atom stereocenters. The SMILES string of the molecule is CNc1ccc(C[C@H]2COCCN(CCOC)C2)nn1. The summed E-state index contributed by atoms with van der Waals surface area (Å²) in [4.78, 5) is 2.40. The molecule has 0 amide bonds. The predicted octanol–water partition coefficient (Wildman–Crippen LogP) is 0.656. The summed E-state index contributed by atoms with van der Waals surface area (Å²) in [7, 11) is 3.58. The molecule has 6 nitrogen and oxygen atoms in total. The Morgan fingerprint density at radius 3 is 3.05 bits per heavy atom. The normalized spacial score (nSPS) is 20.6. The van der Waals surface area contributed by atoms with Gasteiger partial charge in [0, 0.05) is 39.7 Å². The number of hydrogen-bond acceptors (Lipinski definition) is 6. The van der Waals surface area contributed by atoms with E-state index in [-0.39, 0.29) is 0 Å². The number of hydrogen-bond donors (Lipinski definition) is 1. The van der Waals surface area contributed by atoms with Crippen LogP contribution in [0, 0.1) is 5.92 Å². The predicted molar refractivity (Wildman–Crippen MR) is 77.9 cm³/mol. The Balaban J connectivity index is 1.88. The molecule has 1 aromatic heterocycles. The maximum atomic E-state index is 5.69. The van der Waals surface area contributed by atoms with Crippen LogP contribution in [0.25, 0.3) is 0 Å². The Kier molecular flexibility index (Phi) is 6.17. The first-order valence-corrected chi connectivity index (χ1v) is 7.11. The average molecular weight is 280 g/mol. The van der Waals surface area contributed by atoms with Crippen LogP contribution in [0.5, 0.6) is 0 Å². The quantitative estimate of drug-likeness (QED) is 0.826. The van der Waals surface area contributed by atoms with Gasteiger partial charge in [-0.1, -0.05) is 0 Å². The van der Waals surface area contributed by atoms with Crippen molar-refractivity contribution in [3.05, 3.63) is 17.8 Å². The molecule has 1 fully saturated rings. The van der Waals surface area contributed by atoms with Crippen LogP contribution in [0.1, 0.15) is 5.69 Å². The summed E-state index contributed by atoms with van der Waals surface area (Å²) >= 11 is 0. The number of ether oxygens (including phenoxy) is 2. The second-order valence-electron chi connectivity index (χ2n) is 5.10. The molecule has 6 heteroatoms. The van der Waals surface area contributed by atoms with Gasteiger partial charge in [0.25, 0.3) is 0 Å². The van der Waals surface area contributed by atoms with Crippen LogP contribution in [0.4, 0.5) is 5.82 Å². The summed E-state index contributed by atoms with van der Waals surface area (Å²) in [5.41, 5.74) is 1.02. The molecule has 0 aliphatic carbocycles. The van der Waals surface area contributed by atoms with Crippen molar-refractivity contribution in [1.29, 1.82) is 0 Å². The molecule has 0 spiro atoms. The van der Waals surface area contributed by atoms with Crippen LogP contribution in [-0.2, 0) is 15.9 Å². The summed E-state index contributed by atoms with van der Waals surface area (Å²) in [6, 6.07) is 3.99. The van der Waals surface area contributed by atoms with E-state index in [2.05, 4.69) is 20.4 Å². The fourth-order valence-electron chi connectivity index (χ4n) is 2.40. The maximum Gasteiger partial charge on any atom is 0.148 e. The van der Waals surface area contributed by atoms with Crippen molar-refractivity contribution in [3.8, 4) is 0 Å². The molecule has 2 rings (SSSR count). The number of nitrogens with zero attached hydrogens (tertiary/aromatic N) is 3. The van der Waals surface area contributed by atoms with Crippen molar-refractivity contribution in [2.24, 2.45) is 5.92 Å². The van der Waals surface area contributed by atoms with Gasteiger partial charge in [0.05, 0.1) is 25.5 Å². The third-order valence-corrected chi connectivity index (χ3v) is 3.51. The molecule has 1 atom stereocenters. The number of aromatic nitrogens is 2. The number of anilines is 1. The minimum atomic E-state index is 0.462. The molecule has 1 aliphatic heterocycles. The molecule has 0 bridgehead atoms. The van der Waals surface area contributed by atoms with Crippen LogP contribution >= 0.6 is 0 Å². The average Bonchev–Trinajstić information content (AvgIpc) is 2.71. The van der Waals surface area contributed by atoms with E-state index in [0.717, 1.165) is 57.4 Å². The van der Waals surface area contributed by atoms with Gasteiger partial charge in [0.15, 0.2) is 0 Å². The van der Waals surface area contributed by atoms with Gasteiger partial charge in [-0.2, -0.15) is 5.10 Å². The second-order valence-corrected chi connectivity index (χ2v) is 5.10. The molecular formula is C14H24N4O2. The molecule has 1 aromatic rings. The highest BCUT2D eigenvalue weighted by atomic mass is 16.5. The Morgan fingerprint density at radius 2 is 2.35 bits per heavy atom. The monoisotopic (exact) mass is 280 g/mol. The lowest BCUT2D eigenvalue weighted by Crippen LogP contribution is -2.33. The first-order chi connectivity index (χ1) is 9.81. The highest BCUT2D eigenvalue weighted by molar-refractivity contribution is 5.31. The van der Waals surface area contributed by atoms with Gasteiger partial charge in [-0.15, -0.1) is 5.10 Å². The zero-order valence-electron chi connectivity index (χ0n) is 12.3. The van der Waals surface area contributed by atoms with Gasteiger partial charge < -0.3 is 14.8 Å². The lowest BCUT2D eigenvalue weighted by atomic mass is 10.0. The molecule has 0 saturated carbocycles. The molecule has 112 valence electrons. The van der Waals surface area contributed by atoms with Crippen molar-refractivity contribution in [1.82, 2.24) is 15.1 Å². The van der Waals surface area contributed by atoms with Gasteiger partial charge >= 0.3 is 0 Å². The van der Waals surface area contributed by atoms with E-state index in [9.17, 15) is 0 Å². The first-order valence-electron chi connectivity index (χ1n) is 7.11. The van der Waals surface area contributed by atoms with Crippen LogP contribution in [0.15, 0.2) is 12.1 Å². The maximum absolute atomic E-state index is 5.69. The lowest BCUT2D eigenvalue weighted by Gasteiger charge is -2.22. The second kappa shape index (κ2) is 8.14. The number of rotatable bonds is 6. The van der Waals surface area contributed by atoms with E-state index in [1.807, 2.05) is 19.2 Å². The van der Waals surface area contributed by atoms with E-state index >= 15 is 0 Å². The summed E-state index contributed by atoms with van der Waals surface area (Å²) in [6.07, 6.45) is 0.903. The molecule has 2 heterocycles. The zero-order chi connectivity index (χ0) is 14.2. The lowest BCUT2D eigenvalue weighted by molar-refractivity contribution is 0.118. The van der Waals surface area contributed by atoms with E-state index in [1.54, 1.807) is 7.11 Å². The summed E-state index contributed by atoms with van der Waals surface area (Å²) in [5, 5.41) is 11.3. The van der Waals surface area contributed by atoms with E-state index in [1.165, 1.54) is 0 Å². The highest BCUT2D eigenvalue weighted by Crippen LogP contribution is 2.13. The Bertz CT molecular complexity index is 385. The fourth-order valence-corrected chi connectivity index (χ4v) is 2.40. The molecule has 20 heavy (non-hydrogen) atoms. The minimum Gasteiger partial charge on any atom is -0.383 e. The van der Waals surface area contributed by atoms with Gasteiger partial charge in [0.2, 0.25) is 0 Å².